The molecule has 3 nitrogen and oxygen atoms in total. The third kappa shape index (κ3) is 3.68. The maximum atomic E-state index is 5.19. The van der Waals surface area contributed by atoms with Gasteiger partial charge in [0.1, 0.15) is 0 Å². The Labute approximate surface area is 74.9 Å². The third-order valence-corrected chi connectivity index (χ3v) is 1.62. The predicted octanol–water partition coefficient (Wildman–Crippen LogP) is 1.81. The molecule has 0 fully saturated rings. The van der Waals surface area contributed by atoms with E-state index < -0.39 is 0 Å². The van der Waals surface area contributed by atoms with Gasteiger partial charge in [-0.3, -0.25) is 4.98 Å². The summed E-state index contributed by atoms with van der Waals surface area (Å²) in [5.41, 5.74) is 5.19. The third-order valence-electron chi connectivity index (χ3n) is 1.02. The molecule has 2 N–H and O–H groups in total. The van der Waals surface area contributed by atoms with E-state index in [2.05, 4.69) is 9.97 Å². The first kappa shape index (κ1) is 8.67. The summed E-state index contributed by atoms with van der Waals surface area (Å²) in [4.78, 5) is 7.50. The molecule has 0 saturated carbocycles. The second-order valence-electron chi connectivity index (χ2n) is 1.89. The van der Waals surface area contributed by atoms with Crippen LogP contribution in [0.15, 0.2) is 42.2 Å². The van der Waals surface area contributed by atoms with E-state index in [0.29, 0.717) is 5.13 Å². The van der Waals surface area contributed by atoms with Gasteiger partial charge >= 0.3 is 0 Å². The predicted molar refractivity (Wildman–Crippen MR) is 50.8 cm³/mol. The molecule has 4 heteroatoms. The monoisotopic (exact) mass is 179 g/mol. The lowest BCUT2D eigenvalue weighted by molar-refractivity contribution is 1.33. The highest BCUT2D eigenvalue weighted by Crippen LogP contribution is 2.02. The Morgan fingerprint density at radius 2 is 1.83 bits per heavy atom. The Morgan fingerprint density at radius 1 is 1.08 bits per heavy atom. The Balaban J connectivity index is 0.000000120. The summed E-state index contributed by atoms with van der Waals surface area (Å²) in [6, 6.07) is 5.72. The molecule has 0 aliphatic heterocycles. The van der Waals surface area contributed by atoms with Crippen LogP contribution in [-0.2, 0) is 0 Å². The highest BCUT2D eigenvalue weighted by molar-refractivity contribution is 7.13. The Morgan fingerprint density at radius 3 is 2.00 bits per heavy atom. The zero-order valence-electron chi connectivity index (χ0n) is 6.42. The molecular weight excluding hydrogens is 170 g/mol. The first-order valence-electron chi connectivity index (χ1n) is 3.39. The van der Waals surface area contributed by atoms with Crippen LogP contribution in [-0.4, -0.2) is 9.97 Å². The van der Waals surface area contributed by atoms with Crippen LogP contribution in [0.25, 0.3) is 0 Å². The first-order chi connectivity index (χ1) is 5.89. The van der Waals surface area contributed by atoms with Crippen LogP contribution in [0.4, 0.5) is 5.13 Å². The SMILES string of the molecule is Nc1nccs1.c1ccncc1. The topological polar surface area (TPSA) is 51.8 Å². The standard InChI is InChI=1S/C5H5N.C3H4N2S/c1-2-4-6-5-3-1;4-3-5-1-2-6-3/h1-5H;1-2H,(H2,4,5). The quantitative estimate of drug-likeness (QED) is 0.671. The minimum Gasteiger partial charge on any atom is -0.375 e. The van der Waals surface area contributed by atoms with Crippen molar-refractivity contribution in [2.45, 2.75) is 0 Å². The first-order valence-corrected chi connectivity index (χ1v) is 4.27. The van der Waals surface area contributed by atoms with Gasteiger partial charge in [-0.25, -0.2) is 4.98 Å². The molecule has 2 aromatic heterocycles. The van der Waals surface area contributed by atoms with E-state index >= 15 is 0 Å². The van der Waals surface area contributed by atoms with Gasteiger partial charge in [0.2, 0.25) is 0 Å². The molecule has 0 aliphatic carbocycles. The van der Waals surface area contributed by atoms with E-state index in [1.807, 2.05) is 23.6 Å². The minimum absolute atomic E-state index is 0.634. The molecule has 12 heavy (non-hydrogen) atoms. The van der Waals surface area contributed by atoms with Gasteiger partial charge in [-0.1, -0.05) is 6.07 Å². The fourth-order valence-corrected chi connectivity index (χ4v) is 0.930. The second kappa shape index (κ2) is 5.26. The van der Waals surface area contributed by atoms with Gasteiger partial charge in [-0.2, -0.15) is 0 Å². The molecule has 0 unspecified atom stereocenters. The Hall–Kier alpha value is -1.42. The zero-order chi connectivity index (χ0) is 8.65. The summed E-state index contributed by atoms with van der Waals surface area (Å²) in [6.07, 6.45) is 5.18. The summed E-state index contributed by atoms with van der Waals surface area (Å²) >= 11 is 1.44. The molecule has 0 radical (unpaired) electrons. The largest absolute Gasteiger partial charge is 0.375 e. The van der Waals surface area contributed by atoms with Gasteiger partial charge in [0.05, 0.1) is 0 Å². The van der Waals surface area contributed by atoms with Gasteiger partial charge in [0.15, 0.2) is 5.13 Å². The molecule has 0 aromatic carbocycles. The number of anilines is 1. The number of hydrogen-bond acceptors (Lipinski definition) is 4. The Kier molecular flexibility index (Phi) is 3.80. The summed E-state index contributed by atoms with van der Waals surface area (Å²) in [6.45, 7) is 0. The summed E-state index contributed by atoms with van der Waals surface area (Å²) in [7, 11) is 0. The van der Waals surface area contributed by atoms with Crippen LogP contribution in [0.2, 0.25) is 0 Å². The van der Waals surface area contributed by atoms with Crippen molar-refractivity contribution in [3.05, 3.63) is 42.2 Å². The van der Waals surface area contributed by atoms with Crippen molar-refractivity contribution in [3.63, 3.8) is 0 Å². The number of aromatic nitrogens is 2. The normalized spacial score (nSPS) is 8.33. The Bertz CT molecular complexity index is 254. The van der Waals surface area contributed by atoms with E-state index in [1.54, 1.807) is 18.6 Å². The number of pyridine rings is 1. The highest BCUT2D eigenvalue weighted by Gasteiger charge is 1.76. The molecule has 0 amide bonds. The van der Waals surface area contributed by atoms with E-state index in [9.17, 15) is 0 Å². The van der Waals surface area contributed by atoms with Crippen LogP contribution in [0.3, 0.4) is 0 Å². The molecule has 0 saturated heterocycles. The number of rotatable bonds is 0. The molecule has 2 rings (SSSR count). The number of thiazole rings is 1. The lowest BCUT2D eigenvalue weighted by atomic mass is 10.5. The summed E-state index contributed by atoms with van der Waals surface area (Å²) in [5.74, 6) is 0. The molecule has 0 atom stereocenters. The maximum absolute atomic E-state index is 5.19. The average Bonchev–Trinajstić information content (AvgIpc) is 2.60. The fourth-order valence-electron chi connectivity index (χ4n) is 0.547. The fraction of sp³-hybridized carbons (Fsp3) is 0. The molecule has 0 spiro atoms. The van der Waals surface area contributed by atoms with Crippen molar-refractivity contribution in [1.29, 1.82) is 0 Å². The van der Waals surface area contributed by atoms with Gasteiger partial charge < -0.3 is 5.73 Å². The maximum Gasteiger partial charge on any atom is 0.179 e. The summed E-state index contributed by atoms with van der Waals surface area (Å²) in [5, 5.41) is 2.48. The van der Waals surface area contributed by atoms with E-state index in [1.165, 1.54) is 11.3 Å². The van der Waals surface area contributed by atoms with Crippen molar-refractivity contribution in [2.75, 3.05) is 5.73 Å². The lowest BCUT2D eigenvalue weighted by Gasteiger charge is -1.70. The van der Waals surface area contributed by atoms with Crippen molar-refractivity contribution >= 4 is 16.5 Å². The average molecular weight is 179 g/mol. The van der Waals surface area contributed by atoms with Crippen molar-refractivity contribution in [3.8, 4) is 0 Å². The number of nitrogens with two attached hydrogens (primary N) is 1. The van der Waals surface area contributed by atoms with Crippen LogP contribution >= 0.6 is 11.3 Å². The van der Waals surface area contributed by atoms with Crippen LogP contribution in [0.1, 0.15) is 0 Å². The molecular formula is C8H9N3S. The van der Waals surface area contributed by atoms with Crippen molar-refractivity contribution in [2.24, 2.45) is 0 Å². The number of nitrogens with zero attached hydrogens (tertiary/aromatic N) is 2. The van der Waals surface area contributed by atoms with Crippen LogP contribution < -0.4 is 5.73 Å². The zero-order valence-corrected chi connectivity index (χ0v) is 7.24. The molecule has 62 valence electrons. The smallest absolute Gasteiger partial charge is 0.179 e. The van der Waals surface area contributed by atoms with Crippen LogP contribution in [0, 0.1) is 0 Å². The van der Waals surface area contributed by atoms with Crippen molar-refractivity contribution in [1.82, 2.24) is 9.97 Å². The molecule has 0 aliphatic rings. The summed E-state index contributed by atoms with van der Waals surface area (Å²) < 4.78 is 0. The second-order valence-corrected chi connectivity index (χ2v) is 2.82. The van der Waals surface area contributed by atoms with Gasteiger partial charge in [-0.15, -0.1) is 11.3 Å². The lowest BCUT2D eigenvalue weighted by Crippen LogP contribution is -1.77. The van der Waals surface area contributed by atoms with Gasteiger partial charge in [0, 0.05) is 24.0 Å². The number of nitrogen functional groups attached to an aromatic ring is 1. The van der Waals surface area contributed by atoms with E-state index in [0.717, 1.165) is 0 Å². The van der Waals surface area contributed by atoms with Gasteiger partial charge in [0.25, 0.3) is 0 Å². The van der Waals surface area contributed by atoms with Gasteiger partial charge in [-0.05, 0) is 12.1 Å². The van der Waals surface area contributed by atoms with E-state index in [4.69, 9.17) is 5.73 Å². The molecule has 2 heterocycles. The molecule has 0 bridgehead atoms. The van der Waals surface area contributed by atoms with Crippen LogP contribution in [0.5, 0.6) is 0 Å². The number of hydrogen-bond donors (Lipinski definition) is 1. The molecule has 2 aromatic rings. The highest BCUT2D eigenvalue weighted by atomic mass is 32.1. The minimum atomic E-state index is 0.634. The van der Waals surface area contributed by atoms with Crippen molar-refractivity contribution < 1.29 is 0 Å². The van der Waals surface area contributed by atoms with E-state index in [-0.39, 0.29) is 0 Å².